The van der Waals surface area contributed by atoms with E-state index in [-0.39, 0.29) is 19.8 Å². The van der Waals surface area contributed by atoms with Crippen molar-refractivity contribution in [2.75, 3.05) is 26.9 Å². The van der Waals surface area contributed by atoms with Crippen molar-refractivity contribution in [2.24, 2.45) is 0 Å². The number of aliphatic hydroxyl groups is 1. The summed E-state index contributed by atoms with van der Waals surface area (Å²) in [5.74, 6) is 0.212. The van der Waals surface area contributed by atoms with Crippen LogP contribution in [0, 0.1) is 6.92 Å². The van der Waals surface area contributed by atoms with E-state index in [1.165, 1.54) is 7.11 Å². The molecule has 0 aromatic heterocycles. The number of aliphatic hydroxyl groups excluding tert-OH is 1. The summed E-state index contributed by atoms with van der Waals surface area (Å²) < 4.78 is 10.5. The Kier molecular flexibility index (Phi) is 5.23. The first-order chi connectivity index (χ1) is 10.9. The van der Waals surface area contributed by atoms with Gasteiger partial charge >= 0.3 is 6.03 Å². The van der Waals surface area contributed by atoms with Crippen LogP contribution in [0.4, 0.5) is 4.79 Å². The molecule has 1 aliphatic heterocycles. The van der Waals surface area contributed by atoms with E-state index in [1.807, 2.05) is 25.1 Å². The molecule has 0 bridgehead atoms. The Morgan fingerprint density at radius 1 is 1.39 bits per heavy atom. The molecule has 1 aromatic rings. The summed E-state index contributed by atoms with van der Waals surface area (Å²) in [5.41, 5.74) is -0.0513. The number of imide groups is 1. The minimum absolute atomic E-state index is 0.0124. The molecule has 23 heavy (non-hydrogen) atoms. The Morgan fingerprint density at radius 3 is 2.78 bits per heavy atom. The predicted octanol–water partition coefficient (Wildman–Crippen LogP) is 0.692. The van der Waals surface area contributed by atoms with Crippen molar-refractivity contribution in [3.63, 3.8) is 0 Å². The van der Waals surface area contributed by atoms with Crippen molar-refractivity contribution in [2.45, 2.75) is 25.5 Å². The van der Waals surface area contributed by atoms with Crippen molar-refractivity contribution < 1.29 is 24.2 Å². The van der Waals surface area contributed by atoms with Crippen LogP contribution in [0.3, 0.4) is 0 Å². The fourth-order valence-corrected chi connectivity index (χ4v) is 2.46. The van der Waals surface area contributed by atoms with Gasteiger partial charge in [0.1, 0.15) is 24.0 Å². The van der Waals surface area contributed by atoms with Crippen molar-refractivity contribution in [3.05, 3.63) is 29.8 Å². The van der Waals surface area contributed by atoms with Crippen LogP contribution in [-0.4, -0.2) is 60.5 Å². The third-order valence-electron chi connectivity index (χ3n) is 3.60. The number of hydrogen-bond donors (Lipinski definition) is 2. The number of methoxy groups -OCH3 is 1. The minimum atomic E-state index is -1.09. The lowest BCUT2D eigenvalue weighted by molar-refractivity contribution is -0.133. The van der Waals surface area contributed by atoms with Crippen LogP contribution in [0.5, 0.6) is 5.75 Å². The van der Waals surface area contributed by atoms with Gasteiger partial charge in [0, 0.05) is 7.11 Å². The lowest BCUT2D eigenvalue weighted by Crippen LogP contribution is -2.48. The van der Waals surface area contributed by atoms with E-state index in [0.717, 1.165) is 10.5 Å². The van der Waals surface area contributed by atoms with Crippen LogP contribution >= 0.6 is 0 Å². The smallest absolute Gasteiger partial charge is 0.325 e. The van der Waals surface area contributed by atoms with E-state index in [2.05, 4.69) is 5.32 Å². The molecule has 2 N–H and O–H groups in total. The second-order valence-corrected chi connectivity index (χ2v) is 5.89. The first-order valence-corrected chi connectivity index (χ1v) is 7.36. The molecule has 0 unspecified atom stereocenters. The van der Waals surface area contributed by atoms with Crippen LogP contribution in [0.1, 0.15) is 12.5 Å². The van der Waals surface area contributed by atoms with Gasteiger partial charge in [-0.25, -0.2) is 4.79 Å². The maximum absolute atomic E-state index is 12.3. The lowest BCUT2D eigenvalue weighted by Gasteiger charge is -2.21. The quantitative estimate of drug-likeness (QED) is 0.721. The summed E-state index contributed by atoms with van der Waals surface area (Å²) in [7, 11) is 1.46. The van der Waals surface area contributed by atoms with Crippen molar-refractivity contribution in [1.29, 1.82) is 0 Å². The molecule has 126 valence electrons. The van der Waals surface area contributed by atoms with E-state index >= 15 is 0 Å². The number of carbonyl (C=O) groups is 2. The third kappa shape index (κ3) is 4.00. The molecular weight excluding hydrogens is 300 g/mol. The van der Waals surface area contributed by atoms with Crippen LogP contribution in [0.15, 0.2) is 24.3 Å². The van der Waals surface area contributed by atoms with Gasteiger partial charge in [0.05, 0.1) is 13.2 Å². The molecule has 0 aliphatic carbocycles. The van der Waals surface area contributed by atoms with Gasteiger partial charge in [-0.1, -0.05) is 12.1 Å². The van der Waals surface area contributed by atoms with Gasteiger partial charge in [-0.05, 0) is 31.5 Å². The van der Waals surface area contributed by atoms with Gasteiger partial charge in [-0.15, -0.1) is 0 Å². The highest BCUT2D eigenvalue weighted by Gasteiger charge is 2.48. The van der Waals surface area contributed by atoms with Crippen LogP contribution in [-0.2, 0) is 9.53 Å². The molecule has 1 saturated heterocycles. The zero-order valence-corrected chi connectivity index (χ0v) is 13.5. The number of amides is 3. The molecule has 3 amide bonds. The molecule has 2 rings (SSSR count). The maximum atomic E-state index is 12.3. The number of β-amino-alcohol motifs (C(OH)–C–C–N with tert-alkyl or cyclic N) is 1. The van der Waals surface area contributed by atoms with Crippen molar-refractivity contribution in [3.8, 4) is 5.75 Å². The molecule has 2 atom stereocenters. The Labute approximate surface area is 135 Å². The summed E-state index contributed by atoms with van der Waals surface area (Å²) in [6, 6.07) is 6.88. The zero-order chi connectivity index (χ0) is 17.0. The Bertz CT molecular complexity index is 592. The molecule has 0 radical (unpaired) electrons. The average Bonchev–Trinajstić information content (AvgIpc) is 2.69. The van der Waals surface area contributed by atoms with E-state index in [9.17, 15) is 14.7 Å². The predicted molar refractivity (Wildman–Crippen MR) is 83.2 cm³/mol. The van der Waals surface area contributed by atoms with Crippen molar-refractivity contribution >= 4 is 11.9 Å². The number of carbonyl (C=O) groups excluding carboxylic acids is 2. The standard InChI is InChI=1S/C16H22N2O5/c1-11-5-4-6-13(7-11)23-9-12(19)8-18-14(20)16(2,10-22-3)17-15(18)21/h4-7,12,19H,8-10H2,1-3H3,(H,17,21)/t12-,16-/m1/s1. The number of ether oxygens (including phenoxy) is 2. The monoisotopic (exact) mass is 322 g/mol. The molecule has 7 nitrogen and oxygen atoms in total. The van der Waals surface area contributed by atoms with E-state index in [4.69, 9.17) is 9.47 Å². The Hall–Kier alpha value is -2.12. The SMILES string of the molecule is COC[C@@]1(C)NC(=O)N(C[C@@H](O)COc2cccc(C)c2)C1=O. The maximum Gasteiger partial charge on any atom is 0.325 e. The number of hydrogen-bond acceptors (Lipinski definition) is 5. The summed E-state index contributed by atoms with van der Waals surface area (Å²) in [6.45, 7) is 3.46. The minimum Gasteiger partial charge on any atom is -0.491 e. The highest BCUT2D eigenvalue weighted by Crippen LogP contribution is 2.18. The number of urea groups is 1. The second-order valence-electron chi connectivity index (χ2n) is 5.89. The molecule has 7 heteroatoms. The van der Waals surface area contributed by atoms with E-state index < -0.39 is 23.6 Å². The van der Waals surface area contributed by atoms with Crippen LogP contribution in [0.25, 0.3) is 0 Å². The molecule has 0 saturated carbocycles. The van der Waals surface area contributed by atoms with Gasteiger partial charge in [-0.2, -0.15) is 0 Å². The Balaban J connectivity index is 1.91. The zero-order valence-electron chi connectivity index (χ0n) is 13.5. The van der Waals surface area contributed by atoms with Gasteiger partial charge < -0.3 is 19.9 Å². The highest BCUT2D eigenvalue weighted by molar-refractivity contribution is 6.06. The van der Waals surface area contributed by atoms with E-state index in [0.29, 0.717) is 5.75 Å². The number of aryl methyl sites for hydroxylation is 1. The number of nitrogens with zero attached hydrogens (tertiary/aromatic N) is 1. The third-order valence-corrected chi connectivity index (χ3v) is 3.60. The van der Waals surface area contributed by atoms with Gasteiger partial charge in [-0.3, -0.25) is 9.69 Å². The normalized spacial score (nSPS) is 22.2. The number of benzene rings is 1. The first-order valence-electron chi connectivity index (χ1n) is 7.36. The summed E-state index contributed by atoms with van der Waals surface area (Å²) in [5, 5.41) is 12.6. The van der Waals surface area contributed by atoms with Gasteiger partial charge in [0.25, 0.3) is 5.91 Å². The molecule has 1 aliphatic rings. The topological polar surface area (TPSA) is 88.1 Å². The molecule has 1 fully saturated rings. The van der Waals surface area contributed by atoms with Gasteiger partial charge in [0.2, 0.25) is 0 Å². The highest BCUT2D eigenvalue weighted by atomic mass is 16.5. The summed E-state index contributed by atoms with van der Waals surface area (Å²) in [6.07, 6.45) is -0.977. The summed E-state index contributed by atoms with van der Waals surface area (Å²) >= 11 is 0. The molecule has 1 heterocycles. The van der Waals surface area contributed by atoms with Crippen LogP contribution in [0.2, 0.25) is 0 Å². The number of nitrogens with one attached hydrogen (secondary N) is 1. The average molecular weight is 322 g/mol. The molecule has 1 aromatic carbocycles. The van der Waals surface area contributed by atoms with Crippen LogP contribution < -0.4 is 10.1 Å². The second kappa shape index (κ2) is 6.97. The fourth-order valence-electron chi connectivity index (χ4n) is 2.46. The molecule has 0 spiro atoms. The first kappa shape index (κ1) is 17.2. The summed E-state index contributed by atoms with van der Waals surface area (Å²) in [4.78, 5) is 25.2. The van der Waals surface area contributed by atoms with Crippen molar-refractivity contribution in [1.82, 2.24) is 10.2 Å². The largest absolute Gasteiger partial charge is 0.491 e. The molecular formula is C16H22N2O5. The fraction of sp³-hybridized carbons (Fsp3) is 0.500. The van der Waals surface area contributed by atoms with E-state index in [1.54, 1.807) is 13.0 Å². The lowest BCUT2D eigenvalue weighted by atomic mass is 10.0. The number of rotatable bonds is 7. The Morgan fingerprint density at radius 2 is 2.13 bits per heavy atom. The van der Waals surface area contributed by atoms with Gasteiger partial charge in [0.15, 0.2) is 0 Å².